The van der Waals surface area contributed by atoms with Crippen molar-refractivity contribution >= 4 is 16.9 Å². The minimum atomic E-state index is -0.227. The molecule has 6 heteroatoms. The van der Waals surface area contributed by atoms with Gasteiger partial charge in [0, 0.05) is 12.6 Å². The first-order valence-corrected chi connectivity index (χ1v) is 8.09. The van der Waals surface area contributed by atoms with Gasteiger partial charge < -0.3 is 10.1 Å². The normalized spacial score (nSPS) is 12.1. The van der Waals surface area contributed by atoms with E-state index in [9.17, 15) is 9.59 Å². The minimum Gasteiger partial charge on any atom is -0.496 e. The number of aromatic nitrogens is 2. The van der Waals surface area contributed by atoms with Gasteiger partial charge in [-0.25, -0.2) is 4.79 Å². The fourth-order valence-corrected chi connectivity index (χ4v) is 3.05. The minimum absolute atomic E-state index is 0.0281. The second-order valence-corrected chi connectivity index (χ2v) is 5.95. The van der Waals surface area contributed by atoms with Crippen LogP contribution in [0.15, 0.2) is 53.3 Å². The molecule has 0 spiro atoms. The summed E-state index contributed by atoms with van der Waals surface area (Å²) < 4.78 is 8.37. The zero-order chi connectivity index (χ0) is 18.0. The van der Waals surface area contributed by atoms with Gasteiger partial charge >= 0.3 is 5.69 Å². The van der Waals surface area contributed by atoms with Gasteiger partial charge in [0.05, 0.1) is 24.2 Å². The Hall–Kier alpha value is -3.02. The standard InChI is InChI=1S/C19H21N3O3/c1-13(14-8-4-7-11-17(14)25-3)20-18(23)12-22-16-10-6-5-9-15(16)21(2)19(22)24/h4-11,13H,12H2,1-3H3,(H,20,23)/t13-/m1/s1. The Morgan fingerprint density at radius 1 is 1.12 bits per heavy atom. The highest BCUT2D eigenvalue weighted by Crippen LogP contribution is 2.24. The monoisotopic (exact) mass is 339 g/mol. The number of hydrogen-bond acceptors (Lipinski definition) is 3. The maximum atomic E-state index is 12.5. The average Bonchev–Trinajstić information content (AvgIpc) is 2.87. The molecule has 1 amide bonds. The van der Waals surface area contributed by atoms with Crippen LogP contribution in [0.25, 0.3) is 11.0 Å². The summed E-state index contributed by atoms with van der Waals surface area (Å²) >= 11 is 0. The van der Waals surface area contributed by atoms with Crippen molar-refractivity contribution in [1.29, 1.82) is 0 Å². The molecular formula is C19H21N3O3. The van der Waals surface area contributed by atoms with Gasteiger partial charge in [-0.3, -0.25) is 13.9 Å². The smallest absolute Gasteiger partial charge is 0.329 e. The first kappa shape index (κ1) is 16.8. The molecule has 3 rings (SSSR count). The van der Waals surface area contributed by atoms with Crippen LogP contribution in [0.5, 0.6) is 5.75 Å². The van der Waals surface area contributed by atoms with Gasteiger partial charge in [-0.05, 0) is 25.1 Å². The summed E-state index contributed by atoms with van der Waals surface area (Å²) in [5.41, 5.74) is 2.23. The predicted octanol–water partition coefficient (Wildman–Crippen LogP) is 2.23. The summed E-state index contributed by atoms with van der Waals surface area (Å²) in [5.74, 6) is 0.495. The molecule has 0 radical (unpaired) electrons. The van der Waals surface area contributed by atoms with E-state index in [0.29, 0.717) is 0 Å². The third-order valence-corrected chi connectivity index (χ3v) is 4.34. The summed E-state index contributed by atoms with van der Waals surface area (Å²) in [6.45, 7) is 1.86. The maximum Gasteiger partial charge on any atom is 0.329 e. The number of amides is 1. The lowest BCUT2D eigenvalue weighted by molar-refractivity contribution is -0.122. The molecule has 0 saturated heterocycles. The van der Waals surface area contributed by atoms with E-state index in [1.807, 2.05) is 55.5 Å². The number of carbonyl (C=O) groups is 1. The van der Waals surface area contributed by atoms with Gasteiger partial charge in [0.2, 0.25) is 5.91 Å². The number of fused-ring (bicyclic) bond motifs is 1. The Kier molecular flexibility index (Phi) is 4.61. The number of imidazole rings is 1. The van der Waals surface area contributed by atoms with Crippen molar-refractivity contribution in [1.82, 2.24) is 14.5 Å². The van der Waals surface area contributed by atoms with E-state index in [-0.39, 0.29) is 24.2 Å². The topological polar surface area (TPSA) is 65.3 Å². The summed E-state index contributed by atoms with van der Waals surface area (Å²) in [5, 5.41) is 2.93. The first-order valence-electron chi connectivity index (χ1n) is 8.09. The number of para-hydroxylation sites is 3. The second-order valence-electron chi connectivity index (χ2n) is 5.95. The Labute approximate surface area is 145 Å². The first-order chi connectivity index (χ1) is 12.0. The number of ether oxygens (including phenoxy) is 1. The van der Waals surface area contributed by atoms with E-state index in [4.69, 9.17) is 4.74 Å². The lowest BCUT2D eigenvalue weighted by Gasteiger charge is -2.17. The Bertz CT molecular complexity index is 971. The number of nitrogens with one attached hydrogen (secondary N) is 1. The van der Waals surface area contributed by atoms with Crippen molar-refractivity contribution < 1.29 is 9.53 Å². The number of nitrogens with zero attached hydrogens (tertiary/aromatic N) is 2. The van der Waals surface area contributed by atoms with Crippen LogP contribution in [0.4, 0.5) is 0 Å². The molecular weight excluding hydrogens is 318 g/mol. The molecule has 1 atom stereocenters. The quantitative estimate of drug-likeness (QED) is 0.775. The van der Waals surface area contributed by atoms with Gasteiger partial charge in [0.15, 0.2) is 0 Å². The van der Waals surface area contributed by atoms with Gasteiger partial charge in [0.1, 0.15) is 12.3 Å². The van der Waals surface area contributed by atoms with Gasteiger partial charge in [0.25, 0.3) is 0 Å². The number of hydrogen-bond donors (Lipinski definition) is 1. The van der Waals surface area contributed by atoms with Crippen molar-refractivity contribution in [3.05, 3.63) is 64.6 Å². The molecule has 0 saturated carbocycles. The van der Waals surface area contributed by atoms with E-state index in [1.165, 1.54) is 4.57 Å². The fourth-order valence-electron chi connectivity index (χ4n) is 3.05. The van der Waals surface area contributed by atoms with E-state index in [0.717, 1.165) is 22.3 Å². The largest absolute Gasteiger partial charge is 0.496 e. The maximum absolute atomic E-state index is 12.5. The molecule has 2 aromatic carbocycles. The van der Waals surface area contributed by atoms with Crippen molar-refractivity contribution in [2.75, 3.05) is 7.11 Å². The summed E-state index contributed by atoms with van der Waals surface area (Å²) in [7, 11) is 3.31. The fraction of sp³-hybridized carbons (Fsp3) is 0.263. The predicted molar refractivity (Wildman–Crippen MR) is 96.7 cm³/mol. The molecule has 0 bridgehead atoms. The van der Waals surface area contributed by atoms with Crippen LogP contribution < -0.4 is 15.7 Å². The molecule has 0 fully saturated rings. The van der Waals surface area contributed by atoms with Crippen LogP contribution in [0, 0.1) is 0 Å². The molecule has 0 aliphatic carbocycles. The highest BCUT2D eigenvalue weighted by Gasteiger charge is 2.17. The van der Waals surface area contributed by atoms with E-state index in [2.05, 4.69) is 5.32 Å². The average molecular weight is 339 g/mol. The lowest BCUT2D eigenvalue weighted by atomic mass is 10.1. The van der Waals surface area contributed by atoms with Crippen molar-refractivity contribution in [2.45, 2.75) is 19.5 Å². The molecule has 3 aromatic rings. The van der Waals surface area contributed by atoms with Crippen LogP contribution >= 0.6 is 0 Å². The Morgan fingerprint density at radius 3 is 2.48 bits per heavy atom. The number of aryl methyl sites for hydroxylation is 1. The molecule has 1 N–H and O–H groups in total. The van der Waals surface area contributed by atoms with Crippen molar-refractivity contribution in [2.24, 2.45) is 7.05 Å². The highest BCUT2D eigenvalue weighted by molar-refractivity contribution is 5.81. The van der Waals surface area contributed by atoms with E-state index >= 15 is 0 Å². The molecule has 0 unspecified atom stereocenters. The SMILES string of the molecule is COc1ccccc1[C@@H](C)NC(=O)Cn1c(=O)n(C)c2ccccc21. The third kappa shape index (κ3) is 3.15. The zero-order valence-electron chi connectivity index (χ0n) is 14.5. The van der Waals surface area contributed by atoms with Gasteiger partial charge in [-0.2, -0.15) is 0 Å². The highest BCUT2D eigenvalue weighted by atomic mass is 16.5. The Balaban J connectivity index is 1.82. The van der Waals surface area contributed by atoms with Gasteiger partial charge in [-0.1, -0.05) is 30.3 Å². The van der Waals surface area contributed by atoms with Gasteiger partial charge in [-0.15, -0.1) is 0 Å². The van der Waals surface area contributed by atoms with Crippen molar-refractivity contribution in [3.8, 4) is 5.75 Å². The molecule has 0 aliphatic heterocycles. The number of carbonyl (C=O) groups excluding carboxylic acids is 1. The molecule has 25 heavy (non-hydrogen) atoms. The van der Waals surface area contributed by atoms with Crippen LogP contribution in [-0.2, 0) is 18.4 Å². The summed E-state index contributed by atoms with van der Waals surface area (Å²) in [4.78, 5) is 24.9. The van der Waals surface area contributed by atoms with Crippen LogP contribution in [-0.4, -0.2) is 22.2 Å². The summed E-state index contributed by atoms with van der Waals surface area (Å²) in [6.07, 6.45) is 0. The van der Waals surface area contributed by atoms with Crippen LogP contribution in [0.1, 0.15) is 18.5 Å². The number of methoxy groups -OCH3 is 1. The Morgan fingerprint density at radius 2 is 1.76 bits per heavy atom. The van der Waals surface area contributed by atoms with Crippen molar-refractivity contribution in [3.63, 3.8) is 0 Å². The number of benzene rings is 2. The second kappa shape index (κ2) is 6.84. The molecule has 6 nitrogen and oxygen atoms in total. The zero-order valence-corrected chi connectivity index (χ0v) is 14.5. The summed E-state index contributed by atoms with van der Waals surface area (Å²) in [6, 6.07) is 14.7. The van der Waals surface area contributed by atoms with Crippen LogP contribution in [0.2, 0.25) is 0 Å². The van der Waals surface area contributed by atoms with Crippen LogP contribution in [0.3, 0.4) is 0 Å². The molecule has 130 valence electrons. The molecule has 0 aliphatic rings. The molecule has 1 aromatic heterocycles. The molecule has 1 heterocycles. The van der Waals surface area contributed by atoms with E-state index in [1.54, 1.807) is 18.7 Å². The van der Waals surface area contributed by atoms with E-state index < -0.39 is 0 Å². The number of rotatable bonds is 5. The third-order valence-electron chi connectivity index (χ3n) is 4.34. The lowest BCUT2D eigenvalue weighted by Crippen LogP contribution is -2.34.